The molecule has 13 heavy (non-hydrogen) atoms. The molecule has 0 spiro atoms. The summed E-state index contributed by atoms with van der Waals surface area (Å²) < 4.78 is 5.44. The summed E-state index contributed by atoms with van der Waals surface area (Å²) in [6.07, 6.45) is 8.97. The molecule has 2 aliphatic rings. The van der Waals surface area contributed by atoms with E-state index in [-0.39, 0.29) is 0 Å². The molecule has 1 heterocycles. The highest BCUT2D eigenvalue weighted by Crippen LogP contribution is 2.26. The van der Waals surface area contributed by atoms with Crippen LogP contribution in [-0.2, 0) is 4.74 Å². The van der Waals surface area contributed by atoms with Gasteiger partial charge >= 0.3 is 0 Å². The molecule has 1 fully saturated rings. The van der Waals surface area contributed by atoms with Gasteiger partial charge in [-0.1, -0.05) is 36.8 Å². The molecule has 0 saturated carbocycles. The Hall–Kier alpha value is -0.820. The average molecular weight is 176 g/mol. The van der Waals surface area contributed by atoms with Crippen LogP contribution in [0.2, 0.25) is 0 Å². The van der Waals surface area contributed by atoms with Gasteiger partial charge in [0.15, 0.2) is 0 Å². The summed E-state index contributed by atoms with van der Waals surface area (Å²) in [6, 6.07) is 0. The van der Waals surface area contributed by atoms with E-state index in [2.05, 4.69) is 38.2 Å². The van der Waals surface area contributed by atoms with Crippen molar-refractivity contribution < 1.29 is 4.74 Å². The number of hydrogen-bond acceptors (Lipinski definition) is 1. The van der Waals surface area contributed by atoms with E-state index < -0.39 is 0 Å². The minimum absolute atomic E-state index is 0.535. The van der Waals surface area contributed by atoms with Crippen molar-refractivity contribution in [3.63, 3.8) is 0 Å². The highest BCUT2D eigenvalue weighted by Gasteiger charge is 2.20. The molecule has 0 bridgehead atoms. The van der Waals surface area contributed by atoms with E-state index >= 15 is 0 Å². The van der Waals surface area contributed by atoms with Crippen LogP contribution in [0.1, 0.15) is 13.8 Å². The molecule has 2 rings (SSSR count). The first-order chi connectivity index (χ1) is 6.27. The highest BCUT2D eigenvalue weighted by atomic mass is 16.5. The number of hydrogen-bond donors (Lipinski definition) is 0. The smallest absolute Gasteiger partial charge is 0.0686 e. The Labute approximate surface area is 79.8 Å². The Morgan fingerprint density at radius 2 is 2.31 bits per heavy atom. The van der Waals surface area contributed by atoms with Crippen molar-refractivity contribution >= 4 is 0 Å². The van der Waals surface area contributed by atoms with Gasteiger partial charge in [-0.15, -0.1) is 0 Å². The Bertz CT molecular complexity index is 283. The van der Waals surface area contributed by atoms with Crippen molar-refractivity contribution in [2.75, 3.05) is 13.2 Å². The van der Waals surface area contributed by atoms with Gasteiger partial charge in [0.1, 0.15) is 0 Å². The molecule has 0 radical (unpaired) electrons. The summed E-state index contributed by atoms with van der Waals surface area (Å²) >= 11 is 0. The van der Waals surface area contributed by atoms with Gasteiger partial charge in [0, 0.05) is 5.92 Å². The normalized spacial score (nSPS) is 43.5. The largest absolute Gasteiger partial charge is 0.376 e. The standard InChI is InChI=1S/C12H16O/c1-9-4-3-5-11-7-13-8-12(11)6-10(9)2/h3-6,9,12H,7-8H2,1-2H3/b4-3-,10-6-,11-5-/t9-,12+/m0/s1. The molecule has 0 aromatic rings. The lowest BCUT2D eigenvalue weighted by atomic mass is 9.92. The zero-order valence-electron chi connectivity index (χ0n) is 8.29. The van der Waals surface area contributed by atoms with Crippen molar-refractivity contribution in [1.29, 1.82) is 0 Å². The third-order valence-electron chi connectivity index (χ3n) is 2.93. The fourth-order valence-electron chi connectivity index (χ4n) is 1.81. The van der Waals surface area contributed by atoms with Crippen LogP contribution < -0.4 is 0 Å². The van der Waals surface area contributed by atoms with E-state index in [0.717, 1.165) is 13.2 Å². The first-order valence-electron chi connectivity index (χ1n) is 4.90. The second-order valence-electron chi connectivity index (χ2n) is 3.95. The van der Waals surface area contributed by atoms with E-state index in [1.165, 1.54) is 11.1 Å². The maximum atomic E-state index is 5.44. The zero-order chi connectivity index (χ0) is 9.26. The monoisotopic (exact) mass is 176 g/mol. The Morgan fingerprint density at radius 1 is 1.46 bits per heavy atom. The summed E-state index contributed by atoms with van der Waals surface area (Å²) in [6.45, 7) is 6.12. The third kappa shape index (κ3) is 1.75. The van der Waals surface area contributed by atoms with E-state index in [1.807, 2.05) is 0 Å². The molecule has 0 N–H and O–H groups in total. The van der Waals surface area contributed by atoms with E-state index in [4.69, 9.17) is 4.74 Å². The SMILES string of the molecule is C/C1=C/[C@@H]2COC/C2=C/C=C\[C@@H]1C. The topological polar surface area (TPSA) is 9.23 Å². The van der Waals surface area contributed by atoms with Gasteiger partial charge in [-0.25, -0.2) is 0 Å². The maximum Gasteiger partial charge on any atom is 0.0686 e. The van der Waals surface area contributed by atoms with Gasteiger partial charge in [-0.05, 0) is 18.4 Å². The second kappa shape index (κ2) is 3.51. The Kier molecular flexibility index (Phi) is 2.36. The van der Waals surface area contributed by atoms with Crippen molar-refractivity contribution in [3.8, 4) is 0 Å². The number of fused-ring (bicyclic) bond motifs is 1. The van der Waals surface area contributed by atoms with Crippen LogP contribution in [0.4, 0.5) is 0 Å². The van der Waals surface area contributed by atoms with E-state index in [1.54, 1.807) is 0 Å². The molecule has 1 aliphatic carbocycles. The first kappa shape index (κ1) is 8.76. The summed E-state index contributed by atoms with van der Waals surface area (Å²) in [4.78, 5) is 0. The highest BCUT2D eigenvalue weighted by molar-refractivity contribution is 5.28. The van der Waals surface area contributed by atoms with Crippen LogP contribution in [0, 0.1) is 11.8 Å². The first-order valence-corrected chi connectivity index (χ1v) is 4.90. The summed E-state index contributed by atoms with van der Waals surface area (Å²) in [5.74, 6) is 1.10. The van der Waals surface area contributed by atoms with Crippen molar-refractivity contribution in [1.82, 2.24) is 0 Å². The van der Waals surface area contributed by atoms with E-state index in [9.17, 15) is 0 Å². The van der Waals surface area contributed by atoms with Crippen LogP contribution in [0.25, 0.3) is 0 Å². The molecule has 1 nitrogen and oxygen atoms in total. The number of allylic oxidation sites excluding steroid dienone is 4. The van der Waals surface area contributed by atoms with Gasteiger partial charge in [0.2, 0.25) is 0 Å². The van der Waals surface area contributed by atoms with Gasteiger partial charge in [0.25, 0.3) is 0 Å². The van der Waals surface area contributed by atoms with Gasteiger partial charge in [-0.3, -0.25) is 0 Å². The fraction of sp³-hybridized carbons (Fsp3) is 0.500. The van der Waals surface area contributed by atoms with E-state index in [0.29, 0.717) is 11.8 Å². The quantitative estimate of drug-likeness (QED) is 0.516. The van der Waals surface area contributed by atoms with Gasteiger partial charge < -0.3 is 4.74 Å². The lowest BCUT2D eigenvalue weighted by Crippen LogP contribution is -2.03. The molecule has 1 aliphatic heterocycles. The number of ether oxygens (including phenoxy) is 1. The van der Waals surface area contributed by atoms with Crippen LogP contribution in [0.5, 0.6) is 0 Å². The molecular formula is C12H16O. The minimum Gasteiger partial charge on any atom is -0.376 e. The summed E-state index contributed by atoms with van der Waals surface area (Å²) in [7, 11) is 0. The molecule has 0 unspecified atom stereocenters. The number of rotatable bonds is 0. The van der Waals surface area contributed by atoms with Crippen molar-refractivity contribution in [2.24, 2.45) is 11.8 Å². The predicted molar refractivity (Wildman–Crippen MR) is 54.5 cm³/mol. The molecule has 70 valence electrons. The predicted octanol–water partition coefficient (Wildman–Crippen LogP) is 2.71. The van der Waals surface area contributed by atoms with Gasteiger partial charge in [0.05, 0.1) is 13.2 Å². The van der Waals surface area contributed by atoms with Crippen LogP contribution >= 0.6 is 0 Å². The molecule has 1 saturated heterocycles. The molecular weight excluding hydrogens is 160 g/mol. The summed E-state index contributed by atoms with van der Waals surface area (Å²) in [5.41, 5.74) is 2.87. The Morgan fingerprint density at radius 3 is 3.15 bits per heavy atom. The molecule has 0 aromatic heterocycles. The molecule has 0 aromatic carbocycles. The summed E-state index contributed by atoms with van der Waals surface area (Å²) in [5, 5.41) is 0. The van der Waals surface area contributed by atoms with Crippen LogP contribution in [-0.4, -0.2) is 13.2 Å². The van der Waals surface area contributed by atoms with Crippen molar-refractivity contribution in [2.45, 2.75) is 13.8 Å². The average Bonchev–Trinajstić information content (AvgIpc) is 2.50. The lowest BCUT2D eigenvalue weighted by Gasteiger charge is -2.13. The maximum absolute atomic E-state index is 5.44. The van der Waals surface area contributed by atoms with Crippen LogP contribution in [0.3, 0.4) is 0 Å². The molecule has 1 heteroatoms. The molecule has 2 atom stereocenters. The lowest BCUT2D eigenvalue weighted by molar-refractivity contribution is 0.195. The zero-order valence-corrected chi connectivity index (χ0v) is 8.29. The third-order valence-corrected chi connectivity index (χ3v) is 2.93. The second-order valence-corrected chi connectivity index (χ2v) is 3.95. The molecule has 0 amide bonds. The fourth-order valence-corrected chi connectivity index (χ4v) is 1.81. The Balaban J connectivity index is 2.32. The minimum atomic E-state index is 0.535. The van der Waals surface area contributed by atoms with Crippen molar-refractivity contribution in [3.05, 3.63) is 35.5 Å². The van der Waals surface area contributed by atoms with Gasteiger partial charge in [-0.2, -0.15) is 0 Å². The van der Waals surface area contributed by atoms with Crippen LogP contribution in [0.15, 0.2) is 35.5 Å².